The van der Waals surface area contributed by atoms with Gasteiger partial charge in [-0.05, 0) is 70.6 Å². The molecule has 0 rings (SSSR count). The fourth-order valence-electron chi connectivity index (χ4n) is 8.91. The Morgan fingerprint density at radius 2 is 0.493 bits per heavy atom. The third-order valence-corrected chi connectivity index (χ3v) is 13.4. The highest BCUT2D eigenvalue weighted by atomic mass is 16.6. The highest BCUT2D eigenvalue weighted by Gasteiger charge is 2.19. The molecular formula is C61H114O6. The van der Waals surface area contributed by atoms with Gasteiger partial charge in [-0.25, -0.2) is 0 Å². The van der Waals surface area contributed by atoms with Crippen molar-refractivity contribution in [2.24, 2.45) is 0 Å². The van der Waals surface area contributed by atoms with Crippen molar-refractivity contribution < 1.29 is 28.6 Å². The minimum atomic E-state index is -0.772. The van der Waals surface area contributed by atoms with E-state index in [0.29, 0.717) is 19.3 Å². The Hall–Kier alpha value is -2.11. The molecule has 0 N–H and O–H groups in total. The van der Waals surface area contributed by atoms with Gasteiger partial charge in [-0.2, -0.15) is 0 Å². The molecule has 0 bridgehead atoms. The molecule has 0 saturated carbocycles. The molecule has 0 aliphatic carbocycles. The summed E-state index contributed by atoms with van der Waals surface area (Å²) in [5, 5.41) is 0. The molecule has 0 aromatic rings. The molecule has 0 spiro atoms. The third kappa shape index (κ3) is 54.7. The van der Waals surface area contributed by atoms with Gasteiger partial charge in [0.05, 0.1) is 0 Å². The first-order chi connectivity index (χ1) is 33.0. The average Bonchev–Trinajstić information content (AvgIpc) is 3.33. The average molecular weight is 944 g/mol. The Kier molecular flexibility index (Phi) is 54.7. The fraction of sp³-hybridized carbons (Fsp3) is 0.885. The Morgan fingerprint density at radius 3 is 0.761 bits per heavy atom. The Labute approximate surface area is 417 Å². The van der Waals surface area contributed by atoms with Crippen LogP contribution in [0.15, 0.2) is 24.3 Å². The lowest BCUT2D eigenvalue weighted by atomic mass is 10.0. The van der Waals surface area contributed by atoms with Crippen molar-refractivity contribution in [2.45, 2.75) is 335 Å². The SMILES string of the molecule is CCCCCC/C=C\CCCCCCCCCC(=O)OC[C@@H](COC(=O)CCCCCCC/C=C\CCCCCCCC)OC(=O)CCCCCCCCCCCCCCCCCCCCC. The zero-order chi connectivity index (χ0) is 48.6. The van der Waals surface area contributed by atoms with E-state index in [2.05, 4.69) is 45.1 Å². The van der Waals surface area contributed by atoms with Gasteiger partial charge in [0.15, 0.2) is 6.10 Å². The molecule has 0 aliphatic heterocycles. The standard InChI is InChI=1S/C61H114O6/c1-4-7-10-13-16-19-22-25-28-29-30-31-34-37-40-43-46-49-52-55-61(64)67-58(56-65-59(62)53-50-47-44-41-38-35-32-26-23-20-17-14-11-8-5-2)57-66-60(63)54-51-48-45-42-39-36-33-27-24-21-18-15-12-9-6-3/h20,23,27,33,58H,4-19,21-22,24-26,28-32,34-57H2,1-3H3/b23-20-,33-27-/t58-/m0/s1. The van der Waals surface area contributed by atoms with Crippen molar-refractivity contribution in [1.29, 1.82) is 0 Å². The minimum Gasteiger partial charge on any atom is -0.462 e. The van der Waals surface area contributed by atoms with Crippen LogP contribution in [0.25, 0.3) is 0 Å². The van der Waals surface area contributed by atoms with Crippen molar-refractivity contribution in [3.8, 4) is 0 Å². The molecule has 6 nitrogen and oxygen atoms in total. The van der Waals surface area contributed by atoms with Gasteiger partial charge in [-0.3, -0.25) is 14.4 Å². The van der Waals surface area contributed by atoms with Gasteiger partial charge in [0.1, 0.15) is 13.2 Å². The molecule has 6 heteroatoms. The molecular weight excluding hydrogens is 829 g/mol. The predicted molar refractivity (Wildman–Crippen MR) is 289 cm³/mol. The zero-order valence-electron chi connectivity index (χ0n) is 45.2. The number of allylic oxidation sites excluding steroid dienone is 4. The van der Waals surface area contributed by atoms with Crippen LogP contribution in [0.2, 0.25) is 0 Å². The predicted octanol–water partition coefficient (Wildman–Crippen LogP) is 19.9. The van der Waals surface area contributed by atoms with Gasteiger partial charge in [0, 0.05) is 19.3 Å². The first kappa shape index (κ1) is 64.9. The molecule has 0 unspecified atom stereocenters. The summed E-state index contributed by atoms with van der Waals surface area (Å²) in [7, 11) is 0. The van der Waals surface area contributed by atoms with E-state index in [-0.39, 0.29) is 31.1 Å². The maximum absolute atomic E-state index is 12.9. The van der Waals surface area contributed by atoms with E-state index in [1.165, 1.54) is 225 Å². The molecule has 0 aliphatic rings. The summed E-state index contributed by atoms with van der Waals surface area (Å²) in [4.78, 5) is 38.2. The van der Waals surface area contributed by atoms with Crippen LogP contribution in [-0.2, 0) is 28.6 Å². The van der Waals surface area contributed by atoms with Crippen LogP contribution in [0.1, 0.15) is 329 Å². The third-order valence-electron chi connectivity index (χ3n) is 13.4. The van der Waals surface area contributed by atoms with E-state index >= 15 is 0 Å². The highest BCUT2D eigenvalue weighted by Crippen LogP contribution is 2.17. The number of hydrogen-bond acceptors (Lipinski definition) is 6. The van der Waals surface area contributed by atoms with E-state index in [1.807, 2.05) is 0 Å². The summed E-state index contributed by atoms with van der Waals surface area (Å²) in [6, 6.07) is 0. The molecule has 0 aromatic carbocycles. The first-order valence-electron chi connectivity index (χ1n) is 29.8. The van der Waals surface area contributed by atoms with Gasteiger partial charge < -0.3 is 14.2 Å². The number of ether oxygens (including phenoxy) is 3. The largest absolute Gasteiger partial charge is 0.462 e. The second-order valence-electron chi connectivity index (χ2n) is 20.3. The number of carbonyl (C=O) groups is 3. The van der Waals surface area contributed by atoms with Crippen molar-refractivity contribution in [2.75, 3.05) is 13.2 Å². The molecule has 0 amide bonds. The van der Waals surface area contributed by atoms with E-state index < -0.39 is 6.10 Å². The number of carbonyl (C=O) groups excluding carboxylic acids is 3. The van der Waals surface area contributed by atoms with Gasteiger partial charge in [0.2, 0.25) is 0 Å². The monoisotopic (exact) mass is 943 g/mol. The normalized spacial score (nSPS) is 12.1. The number of unbranched alkanes of at least 4 members (excludes halogenated alkanes) is 40. The summed E-state index contributed by atoms with van der Waals surface area (Å²) >= 11 is 0. The lowest BCUT2D eigenvalue weighted by molar-refractivity contribution is -0.167. The molecule has 0 radical (unpaired) electrons. The maximum atomic E-state index is 12.9. The van der Waals surface area contributed by atoms with Crippen LogP contribution in [0.5, 0.6) is 0 Å². The van der Waals surface area contributed by atoms with Crippen LogP contribution in [0, 0.1) is 0 Å². The topological polar surface area (TPSA) is 78.9 Å². The summed E-state index contributed by atoms with van der Waals surface area (Å²) in [6.07, 6.45) is 66.0. The molecule has 0 heterocycles. The van der Waals surface area contributed by atoms with Gasteiger partial charge in [-0.15, -0.1) is 0 Å². The lowest BCUT2D eigenvalue weighted by Gasteiger charge is -2.18. The summed E-state index contributed by atoms with van der Waals surface area (Å²) in [5.74, 6) is -0.862. The quantitative estimate of drug-likeness (QED) is 0.0262. The Bertz CT molecular complexity index is 1080. The van der Waals surface area contributed by atoms with E-state index in [9.17, 15) is 14.4 Å². The van der Waals surface area contributed by atoms with Crippen LogP contribution < -0.4 is 0 Å². The molecule has 0 fully saturated rings. The maximum Gasteiger partial charge on any atom is 0.306 e. The van der Waals surface area contributed by atoms with Crippen LogP contribution in [-0.4, -0.2) is 37.2 Å². The second kappa shape index (κ2) is 56.5. The van der Waals surface area contributed by atoms with Crippen LogP contribution in [0.3, 0.4) is 0 Å². The van der Waals surface area contributed by atoms with Crippen molar-refractivity contribution in [3.63, 3.8) is 0 Å². The molecule has 394 valence electrons. The second-order valence-corrected chi connectivity index (χ2v) is 20.3. The van der Waals surface area contributed by atoms with Gasteiger partial charge in [0.25, 0.3) is 0 Å². The number of hydrogen-bond donors (Lipinski definition) is 0. The summed E-state index contributed by atoms with van der Waals surface area (Å²) < 4.78 is 16.9. The zero-order valence-corrected chi connectivity index (χ0v) is 45.2. The highest BCUT2D eigenvalue weighted by molar-refractivity contribution is 5.71. The van der Waals surface area contributed by atoms with E-state index in [0.717, 1.165) is 64.2 Å². The Morgan fingerprint density at radius 1 is 0.284 bits per heavy atom. The lowest BCUT2D eigenvalue weighted by Crippen LogP contribution is -2.30. The summed E-state index contributed by atoms with van der Waals surface area (Å²) in [5.41, 5.74) is 0. The number of rotatable bonds is 55. The van der Waals surface area contributed by atoms with E-state index in [4.69, 9.17) is 14.2 Å². The van der Waals surface area contributed by atoms with E-state index in [1.54, 1.807) is 0 Å². The Balaban J connectivity index is 4.33. The van der Waals surface area contributed by atoms with Gasteiger partial charge in [-0.1, -0.05) is 263 Å². The smallest absolute Gasteiger partial charge is 0.306 e. The molecule has 67 heavy (non-hydrogen) atoms. The minimum absolute atomic E-state index is 0.0718. The van der Waals surface area contributed by atoms with Gasteiger partial charge >= 0.3 is 17.9 Å². The fourth-order valence-corrected chi connectivity index (χ4v) is 8.91. The number of esters is 3. The van der Waals surface area contributed by atoms with Crippen LogP contribution >= 0.6 is 0 Å². The van der Waals surface area contributed by atoms with Crippen molar-refractivity contribution in [3.05, 3.63) is 24.3 Å². The van der Waals surface area contributed by atoms with Crippen molar-refractivity contribution >= 4 is 17.9 Å². The molecule has 1 atom stereocenters. The molecule has 0 aromatic heterocycles. The first-order valence-corrected chi connectivity index (χ1v) is 29.8. The summed E-state index contributed by atoms with van der Waals surface area (Å²) in [6.45, 7) is 6.66. The molecule has 0 saturated heterocycles. The van der Waals surface area contributed by atoms with Crippen LogP contribution in [0.4, 0.5) is 0 Å². The van der Waals surface area contributed by atoms with Crippen molar-refractivity contribution in [1.82, 2.24) is 0 Å².